The van der Waals surface area contributed by atoms with Crippen molar-refractivity contribution in [2.75, 3.05) is 6.79 Å². The molecule has 2 aromatic carbocycles. The maximum absolute atomic E-state index is 12.6. The molecule has 7 nitrogen and oxygen atoms in total. The van der Waals surface area contributed by atoms with Gasteiger partial charge in [0.2, 0.25) is 6.79 Å². The molecule has 0 aliphatic carbocycles. The standard InChI is InChI=1S/C21H22N4O3S/c1-13-6-4-5-7-16(13)11-29-21-24-23-19(25(21)3)14(2)22-20(26)15-8-9-17-18(10-15)28-12-27-17/h4-10,14H,11-12H2,1-3H3,(H,22,26)/t14-/m0/s1. The number of aromatic nitrogens is 3. The highest BCUT2D eigenvalue weighted by Gasteiger charge is 2.21. The van der Waals surface area contributed by atoms with Gasteiger partial charge in [-0.2, -0.15) is 0 Å². The predicted octanol–water partition coefficient (Wildman–Crippen LogP) is 3.64. The third-order valence-electron chi connectivity index (χ3n) is 4.86. The van der Waals surface area contributed by atoms with Gasteiger partial charge in [-0.25, -0.2) is 0 Å². The molecule has 0 bridgehead atoms. The van der Waals surface area contributed by atoms with Crippen molar-refractivity contribution in [3.05, 3.63) is 65.0 Å². The van der Waals surface area contributed by atoms with Crippen LogP contribution in [0.1, 0.15) is 40.3 Å². The van der Waals surface area contributed by atoms with Crippen molar-refractivity contribution < 1.29 is 14.3 Å². The second-order valence-corrected chi connectivity index (χ2v) is 7.82. The number of fused-ring (bicyclic) bond motifs is 1. The fourth-order valence-electron chi connectivity index (χ4n) is 3.13. The summed E-state index contributed by atoms with van der Waals surface area (Å²) in [5.74, 6) is 2.55. The minimum absolute atomic E-state index is 0.179. The Labute approximate surface area is 173 Å². The summed E-state index contributed by atoms with van der Waals surface area (Å²) >= 11 is 1.63. The minimum Gasteiger partial charge on any atom is -0.454 e. The molecular formula is C21H22N4O3S. The van der Waals surface area contributed by atoms with Crippen LogP contribution in [0.25, 0.3) is 0 Å². The third-order valence-corrected chi connectivity index (χ3v) is 5.93. The van der Waals surface area contributed by atoms with Gasteiger partial charge in [0, 0.05) is 18.4 Å². The summed E-state index contributed by atoms with van der Waals surface area (Å²) in [5.41, 5.74) is 3.04. The number of aryl methyl sites for hydroxylation is 1. The van der Waals surface area contributed by atoms with E-state index in [-0.39, 0.29) is 18.7 Å². The highest BCUT2D eigenvalue weighted by Crippen LogP contribution is 2.32. The van der Waals surface area contributed by atoms with Crippen LogP contribution < -0.4 is 14.8 Å². The highest BCUT2D eigenvalue weighted by atomic mass is 32.2. The molecule has 1 atom stereocenters. The SMILES string of the molecule is Cc1ccccc1CSc1nnc([C@H](C)NC(=O)c2ccc3c(c2)OCO3)n1C. The van der Waals surface area contributed by atoms with Gasteiger partial charge < -0.3 is 19.4 Å². The number of amides is 1. The van der Waals surface area contributed by atoms with Crippen molar-refractivity contribution in [2.45, 2.75) is 30.8 Å². The smallest absolute Gasteiger partial charge is 0.252 e. The number of carbonyl (C=O) groups is 1. The number of nitrogens with one attached hydrogen (secondary N) is 1. The lowest BCUT2D eigenvalue weighted by Gasteiger charge is -2.14. The zero-order valence-electron chi connectivity index (χ0n) is 16.5. The molecule has 1 aliphatic rings. The summed E-state index contributed by atoms with van der Waals surface area (Å²) in [6.07, 6.45) is 0. The Morgan fingerprint density at radius 3 is 2.83 bits per heavy atom. The molecule has 4 rings (SSSR count). The van der Waals surface area contributed by atoms with Crippen LogP contribution in [-0.2, 0) is 12.8 Å². The van der Waals surface area contributed by atoms with Crippen LogP contribution in [0.2, 0.25) is 0 Å². The Hall–Kier alpha value is -3.00. The van der Waals surface area contributed by atoms with Crippen LogP contribution in [0, 0.1) is 6.92 Å². The summed E-state index contributed by atoms with van der Waals surface area (Å²) in [6.45, 7) is 4.18. The lowest BCUT2D eigenvalue weighted by atomic mass is 10.1. The maximum atomic E-state index is 12.6. The lowest BCUT2D eigenvalue weighted by molar-refractivity contribution is 0.0937. The number of thioether (sulfide) groups is 1. The number of carbonyl (C=O) groups excluding carboxylic acids is 1. The molecule has 1 amide bonds. The first-order valence-corrected chi connectivity index (χ1v) is 10.3. The zero-order valence-corrected chi connectivity index (χ0v) is 17.3. The summed E-state index contributed by atoms with van der Waals surface area (Å²) in [6, 6.07) is 13.1. The summed E-state index contributed by atoms with van der Waals surface area (Å²) in [5, 5.41) is 12.4. The van der Waals surface area contributed by atoms with Crippen LogP contribution in [0.3, 0.4) is 0 Å². The van der Waals surface area contributed by atoms with Crippen LogP contribution in [-0.4, -0.2) is 27.5 Å². The molecule has 3 aromatic rings. The van der Waals surface area contributed by atoms with Crippen molar-refractivity contribution in [1.82, 2.24) is 20.1 Å². The number of benzene rings is 2. The molecule has 0 saturated carbocycles. The van der Waals surface area contributed by atoms with E-state index in [0.29, 0.717) is 22.9 Å². The largest absolute Gasteiger partial charge is 0.454 e. The van der Waals surface area contributed by atoms with E-state index >= 15 is 0 Å². The lowest BCUT2D eigenvalue weighted by Crippen LogP contribution is -2.28. The first-order valence-electron chi connectivity index (χ1n) is 9.30. The fraction of sp³-hybridized carbons (Fsp3) is 0.286. The summed E-state index contributed by atoms with van der Waals surface area (Å²) < 4.78 is 12.6. The average molecular weight is 410 g/mol. The molecular weight excluding hydrogens is 388 g/mol. The summed E-state index contributed by atoms with van der Waals surface area (Å²) in [7, 11) is 1.92. The van der Waals surface area contributed by atoms with Gasteiger partial charge >= 0.3 is 0 Å². The Morgan fingerprint density at radius 1 is 1.21 bits per heavy atom. The van der Waals surface area contributed by atoms with Gasteiger partial charge in [0.25, 0.3) is 5.91 Å². The maximum Gasteiger partial charge on any atom is 0.252 e. The molecule has 1 aliphatic heterocycles. The molecule has 0 unspecified atom stereocenters. The van der Waals surface area contributed by atoms with E-state index in [1.807, 2.05) is 30.7 Å². The van der Waals surface area contributed by atoms with E-state index in [1.54, 1.807) is 30.0 Å². The number of hydrogen-bond acceptors (Lipinski definition) is 6. The predicted molar refractivity (Wildman–Crippen MR) is 110 cm³/mol. The van der Waals surface area contributed by atoms with Crippen LogP contribution in [0.5, 0.6) is 11.5 Å². The zero-order chi connectivity index (χ0) is 20.4. The van der Waals surface area contributed by atoms with E-state index in [0.717, 1.165) is 10.9 Å². The molecule has 8 heteroatoms. The molecule has 150 valence electrons. The molecule has 0 radical (unpaired) electrons. The van der Waals surface area contributed by atoms with Crippen LogP contribution >= 0.6 is 11.8 Å². The van der Waals surface area contributed by atoms with Gasteiger partial charge in [-0.15, -0.1) is 10.2 Å². The van der Waals surface area contributed by atoms with Crippen LogP contribution in [0.4, 0.5) is 0 Å². The van der Waals surface area contributed by atoms with Crippen molar-refractivity contribution >= 4 is 17.7 Å². The van der Waals surface area contributed by atoms with Crippen LogP contribution in [0.15, 0.2) is 47.6 Å². The highest BCUT2D eigenvalue weighted by molar-refractivity contribution is 7.98. The third kappa shape index (κ3) is 4.07. The van der Waals surface area contributed by atoms with Crippen molar-refractivity contribution in [1.29, 1.82) is 0 Å². The Bertz CT molecular complexity index is 1050. The molecule has 0 fully saturated rings. The van der Waals surface area contributed by atoms with Gasteiger partial charge in [-0.1, -0.05) is 36.0 Å². The Balaban J connectivity index is 1.42. The normalized spacial score (nSPS) is 13.3. The van der Waals surface area contributed by atoms with Gasteiger partial charge in [0.1, 0.15) is 0 Å². The van der Waals surface area contributed by atoms with Gasteiger partial charge in [0.05, 0.1) is 6.04 Å². The van der Waals surface area contributed by atoms with E-state index in [9.17, 15) is 4.79 Å². The molecule has 1 aromatic heterocycles. The molecule has 1 N–H and O–H groups in total. The van der Waals surface area contributed by atoms with Gasteiger partial charge in [-0.3, -0.25) is 4.79 Å². The molecule has 2 heterocycles. The molecule has 0 spiro atoms. The number of hydrogen-bond donors (Lipinski definition) is 1. The quantitative estimate of drug-likeness (QED) is 0.625. The second-order valence-electron chi connectivity index (χ2n) is 6.88. The van der Waals surface area contributed by atoms with E-state index in [4.69, 9.17) is 9.47 Å². The average Bonchev–Trinajstić information content (AvgIpc) is 3.33. The van der Waals surface area contributed by atoms with Gasteiger partial charge in [0.15, 0.2) is 22.5 Å². The number of ether oxygens (including phenoxy) is 2. The number of nitrogens with zero attached hydrogens (tertiary/aromatic N) is 3. The fourth-order valence-corrected chi connectivity index (χ4v) is 4.12. The summed E-state index contributed by atoms with van der Waals surface area (Å²) in [4.78, 5) is 12.6. The van der Waals surface area contributed by atoms with Crippen molar-refractivity contribution in [3.63, 3.8) is 0 Å². The number of rotatable bonds is 6. The molecule has 29 heavy (non-hydrogen) atoms. The van der Waals surface area contributed by atoms with E-state index in [1.165, 1.54) is 11.1 Å². The second kappa shape index (κ2) is 8.16. The Morgan fingerprint density at radius 2 is 2.00 bits per heavy atom. The monoisotopic (exact) mass is 410 g/mol. The van der Waals surface area contributed by atoms with E-state index in [2.05, 4.69) is 34.6 Å². The van der Waals surface area contributed by atoms with Crippen molar-refractivity contribution in [3.8, 4) is 11.5 Å². The Kier molecular flexibility index (Phi) is 5.44. The van der Waals surface area contributed by atoms with Gasteiger partial charge in [-0.05, 0) is 43.2 Å². The first-order chi connectivity index (χ1) is 14.0. The topological polar surface area (TPSA) is 78.3 Å². The van der Waals surface area contributed by atoms with E-state index < -0.39 is 0 Å². The molecule has 0 saturated heterocycles. The first kappa shape index (κ1) is 19.3. The minimum atomic E-state index is -0.293. The van der Waals surface area contributed by atoms with Crippen molar-refractivity contribution in [2.24, 2.45) is 7.05 Å².